The maximum absolute atomic E-state index is 10.4. The Bertz CT molecular complexity index is 506. The van der Waals surface area contributed by atoms with Crippen LogP contribution in [0.15, 0.2) is 30.9 Å². The molecule has 0 aliphatic heterocycles. The minimum absolute atomic E-state index is 0.182. The number of hydrogen-bond donors (Lipinski definition) is 0. The molecule has 0 atom stereocenters. The Kier molecular flexibility index (Phi) is 2.17. The second-order valence-corrected chi connectivity index (χ2v) is 3.09. The van der Waals surface area contributed by atoms with Crippen LogP contribution in [0.2, 0.25) is 0 Å². The molecule has 0 bridgehead atoms. The average molecular weight is 204 g/mol. The highest BCUT2D eigenvalue weighted by Crippen LogP contribution is 2.11. The van der Waals surface area contributed by atoms with Gasteiger partial charge in [0, 0.05) is 6.20 Å². The SMILES string of the molecule is Cc1ccnc(-n2cnc([N+](=O)[O-])c2)c1. The van der Waals surface area contributed by atoms with E-state index in [1.807, 2.05) is 19.1 Å². The van der Waals surface area contributed by atoms with Gasteiger partial charge in [-0.05, 0) is 34.5 Å². The summed E-state index contributed by atoms with van der Waals surface area (Å²) in [6.07, 6.45) is 4.36. The Labute approximate surface area is 85.4 Å². The maximum Gasteiger partial charge on any atom is 0.381 e. The number of hydrogen-bond acceptors (Lipinski definition) is 4. The van der Waals surface area contributed by atoms with Crippen molar-refractivity contribution in [2.45, 2.75) is 6.92 Å². The van der Waals surface area contributed by atoms with Crippen LogP contribution in [0, 0.1) is 17.0 Å². The fourth-order valence-electron chi connectivity index (χ4n) is 1.19. The Hall–Kier alpha value is -2.24. The van der Waals surface area contributed by atoms with E-state index in [9.17, 15) is 10.1 Å². The predicted molar refractivity (Wildman–Crippen MR) is 52.8 cm³/mol. The maximum atomic E-state index is 10.4. The number of imidazole rings is 1. The van der Waals surface area contributed by atoms with E-state index in [4.69, 9.17) is 0 Å². The molecule has 2 aromatic rings. The Morgan fingerprint density at radius 3 is 2.87 bits per heavy atom. The van der Waals surface area contributed by atoms with Crippen molar-refractivity contribution < 1.29 is 4.92 Å². The van der Waals surface area contributed by atoms with Gasteiger partial charge in [0.05, 0.1) is 0 Å². The molecule has 0 unspecified atom stereocenters. The van der Waals surface area contributed by atoms with Crippen molar-refractivity contribution in [3.05, 3.63) is 46.5 Å². The number of nitrogens with zero attached hydrogens (tertiary/aromatic N) is 4. The van der Waals surface area contributed by atoms with E-state index >= 15 is 0 Å². The largest absolute Gasteiger partial charge is 0.381 e. The molecule has 0 aromatic carbocycles. The summed E-state index contributed by atoms with van der Waals surface area (Å²) in [5.74, 6) is 0.439. The lowest BCUT2D eigenvalue weighted by Crippen LogP contribution is -1.94. The van der Waals surface area contributed by atoms with E-state index in [0.717, 1.165) is 5.56 Å². The van der Waals surface area contributed by atoms with Crippen LogP contribution in [-0.4, -0.2) is 19.5 Å². The van der Waals surface area contributed by atoms with Crippen LogP contribution in [0.4, 0.5) is 5.82 Å². The molecule has 0 amide bonds. The van der Waals surface area contributed by atoms with Gasteiger partial charge in [-0.3, -0.25) is 4.57 Å². The molecule has 2 heterocycles. The van der Waals surface area contributed by atoms with E-state index in [1.54, 1.807) is 6.20 Å². The van der Waals surface area contributed by atoms with E-state index in [-0.39, 0.29) is 5.82 Å². The van der Waals surface area contributed by atoms with E-state index in [1.165, 1.54) is 17.1 Å². The van der Waals surface area contributed by atoms with Crippen LogP contribution in [0.5, 0.6) is 0 Å². The van der Waals surface area contributed by atoms with Crippen molar-refractivity contribution in [1.29, 1.82) is 0 Å². The smallest absolute Gasteiger partial charge is 0.358 e. The number of aryl methyl sites for hydroxylation is 1. The summed E-state index contributed by atoms with van der Waals surface area (Å²) in [5, 5.41) is 10.4. The van der Waals surface area contributed by atoms with Crippen LogP contribution < -0.4 is 0 Å². The number of rotatable bonds is 2. The molecule has 6 nitrogen and oxygen atoms in total. The van der Waals surface area contributed by atoms with Crippen molar-refractivity contribution >= 4 is 5.82 Å². The molecule has 0 radical (unpaired) electrons. The zero-order valence-electron chi connectivity index (χ0n) is 7.99. The summed E-state index contributed by atoms with van der Waals surface area (Å²) >= 11 is 0. The first-order valence-electron chi connectivity index (χ1n) is 4.28. The fourth-order valence-corrected chi connectivity index (χ4v) is 1.19. The summed E-state index contributed by atoms with van der Waals surface area (Å²) in [5.41, 5.74) is 1.04. The van der Waals surface area contributed by atoms with Crippen molar-refractivity contribution in [3.63, 3.8) is 0 Å². The first-order valence-corrected chi connectivity index (χ1v) is 4.28. The third-order valence-electron chi connectivity index (χ3n) is 1.92. The van der Waals surface area contributed by atoms with Gasteiger partial charge in [0.15, 0.2) is 0 Å². The number of aromatic nitrogens is 3. The van der Waals surface area contributed by atoms with E-state index < -0.39 is 4.92 Å². The zero-order chi connectivity index (χ0) is 10.8. The molecular weight excluding hydrogens is 196 g/mol. The van der Waals surface area contributed by atoms with Gasteiger partial charge in [0.1, 0.15) is 12.0 Å². The third kappa shape index (κ3) is 1.83. The molecule has 0 saturated carbocycles. The van der Waals surface area contributed by atoms with Crippen molar-refractivity contribution in [3.8, 4) is 5.82 Å². The topological polar surface area (TPSA) is 73.8 Å². The third-order valence-corrected chi connectivity index (χ3v) is 1.92. The fraction of sp³-hybridized carbons (Fsp3) is 0.111. The van der Waals surface area contributed by atoms with Gasteiger partial charge in [-0.15, -0.1) is 0 Å². The molecule has 76 valence electrons. The molecule has 0 N–H and O–H groups in total. The van der Waals surface area contributed by atoms with Crippen molar-refractivity contribution in [2.75, 3.05) is 0 Å². The molecular formula is C9H8N4O2. The second kappa shape index (κ2) is 3.49. The summed E-state index contributed by atoms with van der Waals surface area (Å²) in [6, 6.07) is 3.68. The summed E-state index contributed by atoms with van der Waals surface area (Å²) < 4.78 is 1.52. The van der Waals surface area contributed by atoms with Crippen LogP contribution in [0.1, 0.15) is 5.56 Å². The summed E-state index contributed by atoms with van der Waals surface area (Å²) in [6.45, 7) is 1.93. The van der Waals surface area contributed by atoms with Crippen molar-refractivity contribution in [2.24, 2.45) is 0 Å². The van der Waals surface area contributed by atoms with Gasteiger partial charge in [-0.1, -0.05) is 0 Å². The highest BCUT2D eigenvalue weighted by Gasteiger charge is 2.10. The molecule has 6 heteroatoms. The zero-order valence-corrected chi connectivity index (χ0v) is 7.99. The lowest BCUT2D eigenvalue weighted by molar-refractivity contribution is -0.389. The Morgan fingerprint density at radius 1 is 1.47 bits per heavy atom. The van der Waals surface area contributed by atoms with Crippen LogP contribution in [0.3, 0.4) is 0 Å². The number of nitro groups is 1. The molecule has 0 aliphatic carbocycles. The molecule has 0 fully saturated rings. The van der Waals surface area contributed by atoms with E-state index in [0.29, 0.717) is 5.82 Å². The highest BCUT2D eigenvalue weighted by molar-refractivity contribution is 5.29. The molecule has 2 rings (SSSR count). The molecule has 2 aromatic heterocycles. The lowest BCUT2D eigenvalue weighted by atomic mass is 10.3. The first-order chi connectivity index (χ1) is 7.16. The summed E-state index contributed by atoms with van der Waals surface area (Å²) in [4.78, 5) is 17.6. The van der Waals surface area contributed by atoms with E-state index in [2.05, 4.69) is 9.97 Å². The first kappa shape index (κ1) is 9.32. The summed E-state index contributed by atoms with van der Waals surface area (Å²) in [7, 11) is 0. The van der Waals surface area contributed by atoms with Gasteiger partial charge >= 0.3 is 5.82 Å². The van der Waals surface area contributed by atoms with Gasteiger partial charge in [-0.2, -0.15) is 0 Å². The average Bonchev–Trinajstić information content (AvgIpc) is 2.66. The number of pyridine rings is 1. The minimum atomic E-state index is -0.535. The molecule has 0 saturated heterocycles. The van der Waals surface area contributed by atoms with Crippen LogP contribution in [-0.2, 0) is 0 Å². The minimum Gasteiger partial charge on any atom is -0.358 e. The highest BCUT2D eigenvalue weighted by atomic mass is 16.6. The van der Waals surface area contributed by atoms with Crippen LogP contribution in [0.25, 0.3) is 5.82 Å². The normalized spacial score (nSPS) is 10.2. The molecule has 0 spiro atoms. The van der Waals surface area contributed by atoms with Crippen molar-refractivity contribution in [1.82, 2.24) is 14.5 Å². The lowest BCUT2D eigenvalue weighted by Gasteiger charge is -1.98. The second-order valence-electron chi connectivity index (χ2n) is 3.09. The quantitative estimate of drug-likeness (QED) is 0.548. The van der Waals surface area contributed by atoms with Gasteiger partial charge in [-0.25, -0.2) is 4.98 Å². The molecule has 0 aliphatic rings. The Morgan fingerprint density at radius 2 is 2.27 bits per heavy atom. The standard InChI is InChI=1S/C9H8N4O2/c1-7-2-3-10-8(4-7)12-5-9(11-6-12)13(14)15/h2-6H,1H3. The van der Waals surface area contributed by atoms with Crippen LogP contribution >= 0.6 is 0 Å². The Balaban J connectivity index is 2.41. The molecule has 15 heavy (non-hydrogen) atoms. The monoisotopic (exact) mass is 204 g/mol. The predicted octanol–water partition coefficient (Wildman–Crippen LogP) is 1.48. The van der Waals surface area contributed by atoms with Gasteiger partial charge < -0.3 is 10.1 Å². The van der Waals surface area contributed by atoms with Gasteiger partial charge in [0.25, 0.3) is 0 Å². The van der Waals surface area contributed by atoms with Gasteiger partial charge in [0.2, 0.25) is 6.33 Å².